The van der Waals surface area contributed by atoms with Crippen LogP contribution >= 0.6 is 0 Å². The Morgan fingerprint density at radius 2 is 1.14 bits per heavy atom. The molecule has 0 saturated carbocycles. The summed E-state index contributed by atoms with van der Waals surface area (Å²) in [5.74, 6) is 0. The zero-order valence-electron chi connectivity index (χ0n) is 23.3. The normalized spacial score (nSPS) is 11.7. The first-order valence-electron chi connectivity index (χ1n) is 14.6. The summed E-state index contributed by atoms with van der Waals surface area (Å²) in [4.78, 5) is 2.40. The molecule has 43 heavy (non-hydrogen) atoms. The molecule has 2 heterocycles. The van der Waals surface area contributed by atoms with Crippen molar-refractivity contribution in [3.63, 3.8) is 0 Å². The predicted molar refractivity (Wildman–Crippen MR) is 180 cm³/mol. The van der Waals surface area contributed by atoms with E-state index in [1.54, 1.807) is 0 Å². The maximum Gasteiger partial charge on any atom is 0.145 e. The number of para-hydroxylation sites is 5. The number of nitrogens with zero attached hydrogens (tertiary/aromatic N) is 2. The van der Waals surface area contributed by atoms with Crippen molar-refractivity contribution in [3.8, 4) is 5.69 Å². The highest BCUT2D eigenvalue weighted by atomic mass is 16.3. The third-order valence-corrected chi connectivity index (χ3v) is 8.55. The van der Waals surface area contributed by atoms with Crippen molar-refractivity contribution in [2.24, 2.45) is 0 Å². The molecule has 0 aliphatic heterocycles. The number of benzene rings is 7. The summed E-state index contributed by atoms with van der Waals surface area (Å²) in [5.41, 5.74) is 8.54. The van der Waals surface area contributed by atoms with Gasteiger partial charge in [-0.25, -0.2) is 0 Å². The topological polar surface area (TPSA) is 21.3 Å². The lowest BCUT2D eigenvalue weighted by Gasteiger charge is -2.28. The largest absolute Gasteiger partial charge is 0.455 e. The Bertz CT molecular complexity index is 2450. The van der Waals surface area contributed by atoms with Crippen molar-refractivity contribution in [2.45, 2.75) is 0 Å². The van der Waals surface area contributed by atoms with Crippen LogP contribution in [-0.2, 0) is 0 Å². The van der Waals surface area contributed by atoms with E-state index in [1.165, 1.54) is 16.3 Å². The lowest BCUT2D eigenvalue weighted by atomic mass is 10.0. The number of hydrogen-bond acceptors (Lipinski definition) is 2. The molecule has 0 spiro atoms. The highest BCUT2D eigenvalue weighted by Crippen LogP contribution is 2.47. The van der Waals surface area contributed by atoms with Gasteiger partial charge in [0, 0.05) is 38.3 Å². The molecule has 0 radical (unpaired) electrons. The van der Waals surface area contributed by atoms with Gasteiger partial charge in [0.25, 0.3) is 0 Å². The Hall–Kier alpha value is -5.80. The van der Waals surface area contributed by atoms with Gasteiger partial charge in [0.05, 0.1) is 22.4 Å². The summed E-state index contributed by atoms with van der Waals surface area (Å²) in [5, 5.41) is 6.94. The van der Waals surface area contributed by atoms with E-state index in [1.807, 2.05) is 6.07 Å². The minimum atomic E-state index is 0.900. The monoisotopic (exact) mass is 550 g/mol. The summed E-state index contributed by atoms with van der Waals surface area (Å²) in [6.07, 6.45) is 0. The SMILES string of the molecule is c1ccc(N(c2cccc3ccc4c5ccccc5oc4c23)c2cccc3c4ccccc4n(-c4ccccc4)c23)cc1. The first-order chi connectivity index (χ1) is 21.4. The molecule has 0 N–H and O–H groups in total. The van der Waals surface area contributed by atoms with Crippen LogP contribution in [0.15, 0.2) is 162 Å². The summed E-state index contributed by atoms with van der Waals surface area (Å²) >= 11 is 0. The number of fused-ring (bicyclic) bond motifs is 8. The van der Waals surface area contributed by atoms with E-state index in [-0.39, 0.29) is 0 Å². The van der Waals surface area contributed by atoms with Gasteiger partial charge in [0.2, 0.25) is 0 Å². The van der Waals surface area contributed by atoms with Gasteiger partial charge < -0.3 is 13.9 Å². The van der Waals surface area contributed by atoms with Crippen LogP contribution in [0, 0.1) is 0 Å². The van der Waals surface area contributed by atoms with Crippen LogP contribution in [0.1, 0.15) is 0 Å². The molecule has 2 aromatic heterocycles. The highest BCUT2D eigenvalue weighted by Gasteiger charge is 2.24. The average Bonchev–Trinajstić information content (AvgIpc) is 3.62. The van der Waals surface area contributed by atoms with Gasteiger partial charge in [0.15, 0.2) is 0 Å². The number of anilines is 3. The van der Waals surface area contributed by atoms with Crippen LogP contribution in [0.4, 0.5) is 17.1 Å². The van der Waals surface area contributed by atoms with Gasteiger partial charge in [-0.3, -0.25) is 0 Å². The van der Waals surface area contributed by atoms with Crippen LogP contribution in [0.2, 0.25) is 0 Å². The third-order valence-electron chi connectivity index (χ3n) is 8.55. The Morgan fingerprint density at radius 3 is 2.00 bits per heavy atom. The minimum absolute atomic E-state index is 0.900. The molecule has 0 bridgehead atoms. The molecule has 202 valence electrons. The average molecular weight is 551 g/mol. The maximum atomic E-state index is 6.62. The second kappa shape index (κ2) is 9.37. The fourth-order valence-corrected chi connectivity index (χ4v) is 6.73. The van der Waals surface area contributed by atoms with Crippen molar-refractivity contribution in [1.29, 1.82) is 0 Å². The summed E-state index contributed by atoms with van der Waals surface area (Å²) in [6.45, 7) is 0. The van der Waals surface area contributed by atoms with Crippen molar-refractivity contribution in [1.82, 2.24) is 4.57 Å². The Labute approximate surface area is 248 Å². The van der Waals surface area contributed by atoms with E-state index in [4.69, 9.17) is 4.42 Å². The number of furan rings is 1. The number of aromatic nitrogens is 1. The fourth-order valence-electron chi connectivity index (χ4n) is 6.73. The van der Waals surface area contributed by atoms with Crippen molar-refractivity contribution in [3.05, 3.63) is 158 Å². The highest BCUT2D eigenvalue weighted by molar-refractivity contribution is 6.21. The van der Waals surface area contributed by atoms with Crippen molar-refractivity contribution < 1.29 is 4.42 Å². The Kier molecular flexibility index (Phi) is 5.20. The molecular weight excluding hydrogens is 524 g/mol. The maximum absolute atomic E-state index is 6.62. The van der Waals surface area contributed by atoms with Gasteiger partial charge in [-0.15, -0.1) is 0 Å². The van der Waals surface area contributed by atoms with E-state index in [2.05, 4.69) is 161 Å². The lowest BCUT2D eigenvalue weighted by Crippen LogP contribution is -2.12. The minimum Gasteiger partial charge on any atom is -0.455 e. The van der Waals surface area contributed by atoms with E-state index in [0.717, 1.165) is 61.0 Å². The molecule has 0 aliphatic carbocycles. The molecule has 9 aromatic rings. The van der Waals surface area contributed by atoms with Gasteiger partial charge >= 0.3 is 0 Å². The molecule has 3 heteroatoms. The molecule has 0 amide bonds. The smallest absolute Gasteiger partial charge is 0.145 e. The lowest BCUT2D eigenvalue weighted by molar-refractivity contribution is 0.672. The van der Waals surface area contributed by atoms with Crippen molar-refractivity contribution >= 4 is 71.6 Å². The van der Waals surface area contributed by atoms with Gasteiger partial charge in [-0.05, 0) is 60.0 Å². The molecule has 0 saturated heterocycles. The fraction of sp³-hybridized carbons (Fsp3) is 0. The van der Waals surface area contributed by atoms with Crippen LogP contribution in [0.3, 0.4) is 0 Å². The zero-order chi connectivity index (χ0) is 28.3. The molecule has 0 fully saturated rings. The van der Waals surface area contributed by atoms with Gasteiger partial charge in [-0.1, -0.05) is 103 Å². The second-order valence-electron chi connectivity index (χ2n) is 10.9. The summed E-state index contributed by atoms with van der Waals surface area (Å²) < 4.78 is 9.03. The summed E-state index contributed by atoms with van der Waals surface area (Å²) in [7, 11) is 0. The van der Waals surface area contributed by atoms with Crippen LogP contribution in [0.5, 0.6) is 0 Å². The number of hydrogen-bond donors (Lipinski definition) is 0. The zero-order valence-corrected chi connectivity index (χ0v) is 23.3. The first kappa shape index (κ1) is 23.9. The second-order valence-corrected chi connectivity index (χ2v) is 10.9. The molecule has 3 nitrogen and oxygen atoms in total. The molecule has 9 rings (SSSR count). The van der Waals surface area contributed by atoms with E-state index in [9.17, 15) is 0 Å². The molecule has 0 atom stereocenters. The standard InChI is InChI=1S/C40H26N2O/c1-3-14-28(15-4-1)41(35-22-11-13-27-25-26-33-31-19-8-10-24-37(31)43-40(33)38(27)35)36-23-12-20-32-30-18-7-9-21-34(30)42(39(32)36)29-16-5-2-6-17-29/h1-26H. The van der Waals surface area contributed by atoms with Crippen LogP contribution < -0.4 is 4.90 Å². The molecule has 0 unspecified atom stereocenters. The van der Waals surface area contributed by atoms with Crippen LogP contribution in [0.25, 0.3) is 60.2 Å². The predicted octanol–water partition coefficient (Wildman–Crippen LogP) is 11.3. The Morgan fingerprint density at radius 1 is 0.465 bits per heavy atom. The van der Waals surface area contributed by atoms with Gasteiger partial charge in [-0.2, -0.15) is 0 Å². The van der Waals surface area contributed by atoms with Crippen LogP contribution in [-0.4, -0.2) is 4.57 Å². The Balaban J connectivity index is 1.44. The quantitative estimate of drug-likeness (QED) is 0.217. The molecular formula is C40H26N2O. The van der Waals surface area contributed by atoms with E-state index < -0.39 is 0 Å². The first-order valence-corrected chi connectivity index (χ1v) is 14.6. The van der Waals surface area contributed by atoms with Gasteiger partial charge in [0.1, 0.15) is 11.2 Å². The molecule has 7 aromatic carbocycles. The van der Waals surface area contributed by atoms with Crippen molar-refractivity contribution in [2.75, 3.05) is 4.90 Å². The third kappa shape index (κ3) is 3.55. The van der Waals surface area contributed by atoms with E-state index >= 15 is 0 Å². The van der Waals surface area contributed by atoms with E-state index in [0.29, 0.717) is 0 Å². The number of rotatable bonds is 4. The summed E-state index contributed by atoms with van der Waals surface area (Å²) in [6, 6.07) is 55.9. The molecule has 0 aliphatic rings.